The molecule has 190 valence electrons. The van der Waals surface area contributed by atoms with Gasteiger partial charge in [0, 0.05) is 45.3 Å². The Morgan fingerprint density at radius 2 is 1.88 bits per heavy atom. The highest BCUT2D eigenvalue weighted by molar-refractivity contribution is 5.61. The molecule has 1 aliphatic rings. The molecule has 1 aliphatic heterocycles. The summed E-state index contributed by atoms with van der Waals surface area (Å²) in [5.74, 6) is -0.736. The molecule has 0 radical (unpaired) electrons. The first-order chi connectivity index (χ1) is 15.5. The second-order valence-corrected chi connectivity index (χ2v) is 7.92. The van der Waals surface area contributed by atoms with Crippen LogP contribution < -0.4 is 5.32 Å². The van der Waals surface area contributed by atoms with E-state index < -0.39 is 30.5 Å². The molecule has 6 N–H and O–H groups in total. The van der Waals surface area contributed by atoms with Crippen LogP contribution in [-0.2, 0) is 18.9 Å². The average Bonchev–Trinajstić information content (AvgIpc) is 2.79. The lowest BCUT2D eigenvalue weighted by atomic mass is 9.85. The van der Waals surface area contributed by atoms with E-state index in [-0.39, 0.29) is 51.0 Å². The highest BCUT2D eigenvalue weighted by Gasteiger charge is 2.43. The summed E-state index contributed by atoms with van der Waals surface area (Å²) in [6, 6.07) is 0. The Hall–Kier alpha value is -0.730. The van der Waals surface area contributed by atoms with Crippen molar-refractivity contribution < 1.29 is 44.5 Å². The molecule has 11 nitrogen and oxygen atoms in total. The van der Waals surface area contributed by atoms with Crippen LogP contribution in [0.4, 0.5) is 0 Å². The predicted octanol–water partition coefficient (Wildman–Crippen LogP) is -2.20. The molecule has 0 aromatic carbocycles. The van der Waals surface area contributed by atoms with Gasteiger partial charge in [-0.15, -0.1) is 0 Å². The maximum absolute atomic E-state index is 10.4. The molecule has 1 fully saturated rings. The molecule has 0 aromatic heterocycles. The largest absolute Gasteiger partial charge is 0.395 e. The molecule has 0 bridgehead atoms. The predicted molar refractivity (Wildman–Crippen MR) is 118 cm³/mol. The standard InChI is InChI=1S/C21H42N2O9/c1-4-16-18(10-26)32-19(21(28)20(16)27)13-30-11-14(7-22-2)17(9-25)31-15(12-29-3)8-23-5-6-24/h7,14-21,23-28H,4-6,8-13H2,1-3H3/t14-,15-,16-,17?,18?,19-,20-,21?/m0/s1. The number of aliphatic hydroxyl groups is 5. The Morgan fingerprint density at radius 1 is 1.12 bits per heavy atom. The molecule has 0 spiro atoms. The average molecular weight is 467 g/mol. The number of ether oxygens (including phenoxy) is 4. The summed E-state index contributed by atoms with van der Waals surface area (Å²) in [7, 11) is 3.16. The van der Waals surface area contributed by atoms with Crippen LogP contribution in [0.2, 0.25) is 0 Å². The van der Waals surface area contributed by atoms with Crippen LogP contribution in [0.15, 0.2) is 4.99 Å². The van der Waals surface area contributed by atoms with Gasteiger partial charge in [0.2, 0.25) is 0 Å². The molecule has 0 saturated carbocycles. The van der Waals surface area contributed by atoms with Crippen LogP contribution in [0.25, 0.3) is 0 Å². The zero-order valence-electron chi connectivity index (χ0n) is 19.4. The third-order valence-electron chi connectivity index (χ3n) is 5.62. The Bertz CT molecular complexity index is 498. The van der Waals surface area contributed by atoms with E-state index in [1.165, 1.54) is 0 Å². The number of nitrogens with one attached hydrogen (secondary N) is 1. The fraction of sp³-hybridized carbons (Fsp3) is 0.952. The highest BCUT2D eigenvalue weighted by atomic mass is 16.6. The number of methoxy groups -OCH3 is 1. The van der Waals surface area contributed by atoms with Crippen molar-refractivity contribution in [2.24, 2.45) is 16.8 Å². The molecule has 1 heterocycles. The lowest BCUT2D eigenvalue weighted by Gasteiger charge is -2.42. The molecule has 0 aromatic rings. The van der Waals surface area contributed by atoms with Crippen molar-refractivity contribution in [3.8, 4) is 0 Å². The van der Waals surface area contributed by atoms with Crippen molar-refractivity contribution in [3.63, 3.8) is 0 Å². The van der Waals surface area contributed by atoms with Gasteiger partial charge in [0.1, 0.15) is 12.2 Å². The van der Waals surface area contributed by atoms with Crippen molar-refractivity contribution in [2.45, 2.75) is 50.0 Å². The topological polar surface area (TPSA) is 162 Å². The molecule has 32 heavy (non-hydrogen) atoms. The maximum atomic E-state index is 10.4. The van der Waals surface area contributed by atoms with Gasteiger partial charge in [0.25, 0.3) is 0 Å². The van der Waals surface area contributed by atoms with Gasteiger partial charge in [0.15, 0.2) is 0 Å². The van der Waals surface area contributed by atoms with Crippen LogP contribution in [0.3, 0.4) is 0 Å². The van der Waals surface area contributed by atoms with Gasteiger partial charge in [-0.1, -0.05) is 6.92 Å². The fourth-order valence-corrected chi connectivity index (χ4v) is 3.88. The number of hydrogen-bond donors (Lipinski definition) is 6. The monoisotopic (exact) mass is 466 g/mol. The molecule has 3 unspecified atom stereocenters. The summed E-state index contributed by atoms with van der Waals surface area (Å²) in [5, 5.41) is 52.2. The van der Waals surface area contributed by atoms with Gasteiger partial charge >= 0.3 is 0 Å². The number of aliphatic imine (C=N–C) groups is 1. The van der Waals surface area contributed by atoms with Gasteiger partial charge in [-0.3, -0.25) is 0 Å². The quantitative estimate of drug-likeness (QED) is 0.102. The van der Waals surface area contributed by atoms with Crippen LogP contribution in [-0.4, -0.2) is 135 Å². The van der Waals surface area contributed by atoms with Crippen molar-refractivity contribution in [1.82, 2.24) is 5.32 Å². The van der Waals surface area contributed by atoms with E-state index in [0.29, 0.717) is 26.1 Å². The highest BCUT2D eigenvalue weighted by Crippen LogP contribution is 2.28. The SMILES string of the molecule is CC[C@H]1C(CO)O[C@@H](COC[C@H](C=NC)C(CO)O[C@@H](CNCCO)COC)C(O)[C@H]1O. The summed E-state index contributed by atoms with van der Waals surface area (Å²) in [6.45, 7) is 2.62. The van der Waals surface area contributed by atoms with E-state index in [9.17, 15) is 20.4 Å². The van der Waals surface area contributed by atoms with E-state index in [2.05, 4.69) is 10.3 Å². The number of hydrogen-bond acceptors (Lipinski definition) is 11. The first-order valence-electron chi connectivity index (χ1n) is 11.2. The molecular formula is C21H42N2O9. The van der Waals surface area contributed by atoms with Crippen LogP contribution >= 0.6 is 0 Å². The zero-order chi connectivity index (χ0) is 23.9. The first kappa shape index (κ1) is 29.3. The molecule has 1 rings (SSSR count). The summed E-state index contributed by atoms with van der Waals surface area (Å²) < 4.78 is 22.7. The third-order valence-corrected chi connectivity index (χ3v) is 5.62. The van der Waals surface area contributed by atoms with Crippen molar-refractivity contribution in [2.75, 3.05) is 66.9 Å². The van der Waals surface area contributed by atoms with Gasteiger partial charge in [-0.25, -0.2) is 0 Å². The zero-order valence-corrected chi connectivity index (χ0v) is 19.4. The summed E-state index contributed by atoms with van der Waals surface area (Å²) >= 11 is 0. The first-order valence-corrected chi connectivity index (χ1v) is 11.2. The summed E-state index contributed by atoms with van der Waals surface area (Å²) in [6.07, 6.45) is -2.29. The van der Waals surface area contributed by atoms with Crippen LogP contribution in [0, 0.1) is 11.8 Å². The Balaban J connectivity index is 2.68. The second kappa shape index (κ2) is 16.8. The van der Waals surface area contributed by atoms with Crippen LogP contribution in [0.5, 0.6) is 0 Å². The third kappa shape index (κ3) is 9.26. The van der Waals surface area contributed by atoms with Crippen molar-refractivity contribution in [3.05, 3.63) is 0 Å². The summed E-state index contributed by atoms with van der Waals surface area (Å²) in [4.78, 5) is 4.04. The van der Waals surface area contributed by atoms with Gasteiger partial charge in [0.05, 0.1) is 64.1 Å². The van der Waals surface area contributed by atoms with E-state index in [1.807, 2.05) is 6.92 Å². The van der Waals surface area contributed by atoms with E-state index in [1.54, 1.807) is 20.4 Å². The van der Waals surface area contributed by atoms with E-state index in [0.717, 1.165) is 0 Å². The molecule has 0 amide bonds. The number of rotatable bonds is 17. The molecular weight excluding hydrogens is 424 g/mol. The van der Waals surface area contributed by atoms with Crippen LogP contribution in [0.1, 0.15) is 13.3 Å². The Morgan fingerprint density at radius 3 is 2.44 bits per heavy atom. The molecule has 8 atom stereocenters. The molecule has 11 heteroatoms. The number of aliphatic hydroxyl groups excluding tert-OH is 5. The van der Waals surface area contributed by atoms with Gasteiger partial charge in [-0.2, -0.15) is 0 Å². The second-order valence-electron chi connectivity index (χ2n) is 7.92. The maximum Gasteiger partial charge on any atom is 0.110 e. The van der Waals surface area contributed by atoms with Crippen molar-refractivity contribution in [1.29, 1.82) is 0 Å². The van der Waals surface area contributed by atoms with E-state index in [4.69, 9.17) is 24.1 Å². The minimum absolute atomic E-state index is 0.00200. The Kier molecular flexibility index (Phi) is 15.4. The lowest BCUT2D eigenvalue weighted by Crippen LogP contribution is -2.56. The molecule has 0 aliphatic carbocycles. The minimum atomic E-state index is -1.13. The lowest BCUT2D eigenvalue weighted by molar-refractivity contribution is -0.222. The smallest absolute Gasteiger partial charge is 0.110 e. The number of nitrogens with zero attached hydrogens (tertiary/aromatic N) is 1. The van der Waals surface area contributed by atoms with Crippen molar-refractivity contribution >= 4 is 6.21 Å². The fourth-order valence-electron chi connectivity index (χ4n) is 3.88. The summed E-state index contributed by atoms with van der Waals surface area (Å²) in [5.41, 5.74) is 0. The normalized spacial score (nSPS) is 29.3. The minimum Gasteiger partial charge on any atom is -0.395 e. The molecule has 1 saturated heterocycles. The van der Waals surface area contributed by atoms with E-state index >= 15 is 0 Å². The van der Waals surface area contributed by atoms with Gasteiger partial charge < -0.3 is 54.8 Å². The Labute approximate surface area is 190 Å². The van der Waals surface area contributed by atoms with Gasteiger partial charge in [-0.05, 0) is 6.42 Å².